The highest BCUT2D eigenvalue weighted by atomic mass is 32.2. The number of nitrogens with zero attached hydrogens (tertiary/aromatic N) is 2. The third-order valence-corrected chi connectivity index (χ3v) is 8.75. The first-order valence-electron chi connectivity index (χ1n) is 12.5. The molecule has 2 aromatic rings. The molecule has 9 nitrogen and oxygen atoms in total. The summed E-state index contributed by atoms with van der Waals surface area (Å²) < 4.78 is 52.9. The number of amides is 1. The highest BCUT2D eigenvalue weighted by molar-refractivity contribution is 7.93. The zero-order valence-electron chi connectivity index (χ0n) is 21.5. The molecule has 0 bridgehead atoms. The van der Waals surface area contributed by atoms with E-state index in [9.17, 15) is 27.5 Å². The van der Waals surface area contributed by atoms with Gasteiger partial charge in [-0.15, -0.1) is 0 Å². The molecular formula is C27H31FN2O7S. The van der Waals surface area contributed by atoms with Gasteiger partial charge < -0.3 is 19.5 Å². The average molecular weight is 547 g/mol. The Morgan fingerprint density at radius 1 is 1.21 bits per heavy atom. The summed E-state index contributed by atoms with van der Waals surface area (Å²) in [5, 5.41) is 10.1. The number of anilines is 1. The van der Waals surface area contributed by atoms with Gasteiger partial charge in [0.05, 0.1) is 24.3 Å². The van der Waals surface area contributed by atoms with Crippen molar-refractivity contribution >= 4 is 33.8 Å². The van der Waals surface area contributed by atoms with E-state index < -0.39 is 39.2 Å². The number of carbonyl (C=O) groups is 2. The van der Waals surface area contributed by atoms with E-state index in [0.717, 1.165) is 51.4 Å². The van der Waals surface area contributed by atoms with Crippen molar-refractivity contribution in [2.75, 3.05) is 37.7 Å². The summed E-state index contributed by atoms with van der Waals surface area (Å²) in [6.45, 7) is 6.82. The van der Waals surface area contributed by atoms with Gasteiger partial charge in [-0.1, -0.05) is 32.1 Å². The summed E-state index contributed by atoms with van der Waals surface area (Å²) >= 11 is 0. The number of aromatic carboxylic acids is 1. The fourth-order valence-electron chi connectivity index (χ4n) is 4.81. The van der Waals surface area contributed by atoms with Crippen molar-refractivity contribution in [3.05, 3.63) is 58.9 Å². The molecule has 4 rings (SSSR count). The third kappa shape index (κ3) is 5.25. The van der Waals surface area contributed by atoms with E-state index in [1.54, 1.807) is 12.1 Å². The molecule has 0 radical (unpaired) electrons. The lowest BCUT2D eigenvalue weighted by Gasteiger charge is -2.26. The molecule has 0 saturated heterocycles. The molecule has 204 valence electrons. The van der Waals surface area contributed by atoms with E-state index in [4.69, 9.17) is 9.47 Å². The number of halogens is 1. The maximum absolute atomic E-state index is 14.2. The molecule has 1 aliphatic carbocycles. The second-order valence-electron chi connectivity index (χ2n) is 9.24. The highest BCUT2D eigenvalue weighted by Crippen LogP contribution is 2.55. The number of methoxy groups -OCH3 is 1. The predicted octanol–water partition coefficient (Wildman–Crippen LogP) is 4.73. The number of carboxylic acids is 1. The number of benzene rings is 2. The molecule has 1 fully saturated rings. The largest absolute Gasteiger partial charge is 0.492 e. The zero-order valence-corrected chi connectivity index (χ0v) is 22.3. The van der Waals surface area contributed by atoms with Crippen LogP contribution in [-0.4, -0.2) is 63.8 Å². The third-order valence-electron chi connectivity index (χ3n) is 7.00. The van der Waals surface area contributed by atoms with E-state index in [1.165, 1.54) is 12.1 Å². The molecule has 2 aliphatic rings. The van der Waals surface area contributed by atoms with Crippen molar-refractivity contribution in [3.63, 3.8) is 0 Å². The van der Waals surface area contributed by atoms with Gasteiger partial charge in [-0.3, -0.25) is 0 Å². The van der Waals surface area contributed by atoms with Crippen LogP contribution < -0.4 is 9.04 Å². The molecule has 1 saturated carbocycles. The maximum Gasteiger partial charge on any atom is 0.428 e. The number of hydrogen-bond acceptors (Lipinski definition) is 7. The first-order valence-corrected chi connectivity index (χ1v) is 13.9. The monoisotopic (exact) mass is 546 g/mol. The number of fused-ring (bicyclic) bond motifs is 3. The average Bonchev–Trinajstić information content (AvgIpc) is 3.68. The Bertz CT molecular complexity index is 1370. The van der Waals surface area contributed by atoms with E-state index in [0.29, 0.717) is 28.8 Å². The highest BCUT2D eigenvalue weighted by Gasteiger charge is 2.47. The summed E-state index contributed by atoms with van der Waals surface area (Å²) in [6, 6.07) is 5.94. The van der Waals surface area contributed by atoms with Crippen LogP contribution in [0.4, 0.5) is 14.9 Å². The van der Waals surface area contributed by atoms with Crippen LogP contribution in [0.15, 0.2) is 41.3 Å². The SMILES string of the molecule is CCN(CC)CCC=Cc1cc(F)ccc1S(=O)(=O)N(C(=O)OC)c1ccc2c(c1C(=O)O)OCC1CC21. The zero-order chi connectivity index (χ0) is 27.6. The molecule has 0 spiro atoms. The molecule has 1 amide bonds. The molecule has 0 aromatic heterocycles. The van der Waals surface area contributed by atoms with E-state index in [-0.39, 0.29) is 22.1 Å². The first kappa shape index (κ1) is 27.6. The second kappa shape index (κ2) is 11.1. The van der Waals surface area contributed by atoms with Crippen LogP contribution in [-0.2, 0) is 14.8 Å². The number of carbonyl (C=O) groups excluding carboxylic acids is 1. The second-order valence-corrected chi connectivity index (χ2v) is 11.0. The van der Waals surface area contributed by atoms with Crippen LogP contribution in [0.2, 0.25) is 0 Å². The van der Waals surface area contributed by atoms with Crippen molar-refractivity contribution in [1.29, 1.82) is 0 Å². The summed E-state index contributed by atoms with van der Waals surface area (Å²) in [5.74, 6) is -1.63. The van der Waals surface area contributed by atoms with Crippen LogP contribution in [0.3, 0.4) is 0 Å². The van der Waals surface area contributed by atoms with Crippen LogP contribution in [0.25, 0.3) is 6.08 Å². The molecule has 2 unspecified atom stereocenters. The topological polar surface area (TPSA) is 113 Å². The predicted molar refractivity (Wildman–Crippen MR) is 140 cm³/mol. The van der Waals surface area contributed by atoms with Gasteiger partial charge in [0.15, 0.2) is 0 Å². The number of sulfonamides is 1. The van der Waals surface area contributed by atoms with Crippen molar-refractivity contribution in [1.82, 2.24) is 4.90 Å². The summed E-state index contributed by atoms with van der Waals surface area (Å²) in [7, 11) is -3.76. The van der Waals surface area contributed by atoms with Gasteiger partial charge in [-0.25, -0.2) is 22.4 Å². The Labute approximate surface area is 221 Å². The number of carboxylic acid groups (broad SMARTS) is 1. The summed E-state index contributed by atoms with van der Waals surface area (Å²) in [5.41, 5.74) is -0.170. The van der Waals surface area contributed by atoms with Gasteiger partial charge in [0.25, 0.3) is 10.0 Å². The first-order chi connectivity index (χ1) is 18.1. The maximum atomic E-state index is 14.2. The Kier molecular flexibility index (Phi) is 8.08. The number of hydrogen-bond donors (Lipinski definition) is 1. The lowest BCUT2D eigenvalue weighted by molar-refractivity contribution is 0.0692. The number of ether oxygens (including phenoxy) is 2. The quantitative estimate of drug-likeness (QED) is 0.455. The molecule has 1 heterocycles. The van der Waals surface area contributed by atoms with E-state index in [1.807, 2.05) is 13.8 Å². The smallest absolute Gasteiger partial charge is 0.428 e. The van der Waals surface area contributed by atoms with Gasteiger partial charge in [0.1, 0.15) is 17.1 Å². The van der Waals surface area contributed by atoms with Crippen molar-refractivity contribution in [2.24, 2.45) is 5.92 Å². The minimum absolute atomic E-state index is 0.0188. The Morgan fingerprint density at radius 2 is 1.95 bits per heavy atom. The van der Waals surface area contributed by atoms with Gasteiger partial charge in [-0.05, 0) is 67.2 Å². The normalized spacial score (nSPS) is 18.0. The molecule has 1 aliphatic heterocycles. The summed E-state index contributed by atoms with van der Waals surface area (Å²) in [6.07, 6.45) is 3.34. The molecule has 1 N–H and O–H groups in total. The van der Waals surface area contributed by atoms with Crippen LogP contribution >= 0.6 is 0 Å². The Balaban J connectivity index is 1.79. The molecule has 11 heteroatoms. The van der Waals surface area contributed by atoms with Crippen molar-refractivity contribution in [2.45, 2.75) is 37.5 Å². The molecule has 38 heavy (non-hydrogen) atoms. The Morgan fingerprint density at radius 3 is 2.61 bits per heavy atom. The van der Waals surface area contributed by atoms with Crippen LogP contribution in [0.1, 0.15) is 54.1 Å². The number of rotatable bonds is 10. The van der Waals surface area contributed by atoms with Crippen LogP contribution in [0.5, 0.6) is 5.75 Å². The van der Waals surface area contributed by atoms with E-state index >= 15 is 0 Å². The lowest BCUT2D eigenvalue weighted by Crippen LogP contribution is -2.38. The molecule has 2 aromatic carbocycles. The minimum Gasteiger partial charge on any atom is -0.492 e. The van der Waals surface area contributed by atoms with Gasteiger partial charge in [0, 0.05) is 12.5 Å². The lowest BCUT2D eigenvalue weighted by atomic mass is 10.00. The fourth-order valence-corrected chi connectivity index (χ4v) is 6.36. The molecular weight excluding hydrogens is 515 g/mol. The van der Waals surface area contributed by atoms with E-state index in [2.05, 4.69) is 4.90 Å². The fraction of sp³-hybridized carbons (Fsp3) is 0.407. The standard InChI is InChI=1S/C27H31FN2O7S/c1-4-29(5-2)13-7-6-8-17-14-19(28)9-12-23(17)38(34,35)30(27(33)36-3)22-11-10-20-21-15-18(21)16-37-25(20)24(22)26(31)32/h6,8-12,14,18,21H,4-5,7,13,15-16H2,1-3H3,(H,31,32). The minimum atomic E-state index is -4.75. The molecule has 2 atom stereocenters. The summed E-state index contributed by atoms with van der Waals surface area (Å²) in [4.78, 5) is 27.1. The Hall–Kier alpha value is -3.44. The van der Waals surface area contributed by atoms with Gasteiger partial charge in [0.2, 0.25) is 0 Å². The van der Waals surface area contributed by atoms with Gasteiger partial charge >= 0.3 is 12.1 Å². The van der Waals surface area contributed by atoms with Crippen LogP contribution in [0, 0.1) is 11.7 Å². The van der Waals surface area contributed by atoms with Gasteiger partial charge in [-0.2, -0.15) is 4.31 Å². The van der Waals surface area contributed by atoms with Crippen molar-refractivity contribution < 1.29 is 37.0 Å². The van der Waals surface area contributed by atoms with Crippen molar-refractivity contribution in [3.8, 4) is 5.75 Å².